The Morgan fingerprint density at radius 3 is 2.20 bits per heavy atom. The van der Waals surface area contributed by atoms with E-state index in [0.29, 0.717) is 18.9 Å². The van der Waals surface area contributed by atoms with E-state index in [1.54, 1.807) is 7.05 Å². The standard InChI is InChI=1S/C27H36N6O2/c1-21-5-11-24(12-6-21)35-25-13-15-33(16-14-25)27(34)31(4)29-26(28-2)22-7-9-23(10-8-22)32-19-17-30(3)18-20-32/h5-12,25H,2,13-20H2,1,3-4H3. The van der Waals surface area contributed by atoms with Gasteiger partial charge >= 0.3 is 6.03 Å². The Morgan fingerprint density at radius 1 is 0.971 bits per heavy atom. The number of piperidine rings is 1. The third-order valence-corrected chi connectivity index (χ3v) is 6.70. The number of likely N-dealkylation sites (tertiary alicyclic amines) is 1. The Hall–Kier alpha value is -3.39. The van der Waals surface area contributed by atoms with Gasteiger partial charge in [0.25, 0.3) is 0 Å². The van der Waals surface area contributed by atoms with Crippen LogP contribution < -0.4 is 9.64 Å². The van der Waals surface area contributed by atoms with Crippen molar-refractivity contribution in [3.63, 3.8) is 0 Å². The molecule has 2 aromatic rings. The summed E-state index contributed by atoms with van der Waals surface area (Å²) in [7, 11) is 3.82. The van der Waals surface area contributed by atoms with Crippen molar-refractivity contribution in [1.82, 2.24) is 14.8 Å². The third-order valence-electron chi connectivity index (χ3n) is 6.70. The molecule has 0 aliphatic carbocycles. The molecule has 0 saturated carbocycles. The number of rotatable bonds is 5. The topological polar surface area (TPSA) is 64.0 Å². The zero-order valence-electron chi connectivity index (χ0n) is 21.1. The van der Waals surface area contributed by atoms with Crippen LogP contribution in [0.15, 0.2) is 58.6 Å². The van der Waals surface area contributed by atoms with Gasteiger partial charge < -0.3 is 19.4 Å². The number of amides is 2. The molecule has 2 aromatic carbocycles. The van der Waals surface area contributed by atoms with Crippen molar-refractivity contribution >= 4 is 24.3 Å². The molecule has 8 heteroatoms. The second-order valence-corrected chi connectivity index (χ2v) is 9.34. The minimum atomic E-state index is -0.144. The molecule has 35 heavy (non-hydrogen) atoms. The predicted octanol–water partition coefficient (Wildman–Crippen LogP) is 3.70. The van der Waals surface area contributed by atoms with E-state index in [2.05, 4.69) is 52.7 Å². The molecule has 0 aromatic heterocycles. The van der Waals surface area contributed by atoms with Crippen molar-refractivity contribution in [2.75, 3.05) is 58.3 Å². The first kappa shape index (κ1) is 24.7. The first-order valence-electron chi connectivity index (χ1n) is 12.3. The van der Waals surface area contributed by atoms with Crippen LogP contribution in [0.1, 0.15) is 24.0 Å². The van der Waals surface area contributed by atoms with Crippen LogP contribution in [-0.4, -0.2) is 92.9 Å². The number of hydrazone groups is 1. The van der Waals surface area contributed by atoms with E-state index in [1.165, 1.54) is 16.3 Å². The highest BCUT2D eigenvalue weighted by atomic mass is 16.5. The second-order valence-electron chi connectivity index (χ2n) is 9.34. The van der Waals surface area contributed by atoms with Crippen LogP contribution in [0, 0.1) is 6.92 Å². The molecule has 0 bridgehead atoms. The minimum absolute atomic E-state index is 0.111. The van der Waals surface area contributed by atoms with E-state index >= 15 is 0 Å². The number of likely N-dealkylation sites (N-methyl/N-ethyl adjacent to an activating group) is 1. The molecule has 2 aliphatic rings. The predicted molar refractivity (Wildman–Crippen MR) is 142 cm³/mol. The van der Waals surface area contributed by atoms with Crippen LogP contribution in [-0.2, 0) is 0 Å². The molecule has 2 fully saturated rings. The van der Waals surface area contributed by atoms with Crippen molar-refractivity contribution in [2.24, 2.45) is 10.1 Å². The Morgan fingerprint density at radius 2 is 1.60 bits per heavy atom. The van der Waals surface area contributed by atoms with Crippen molar-refractivity contribution in [3.05, 3.63) is 59.7 Å². The van der Waals surface area contributed by atoms with Gasteiger partial charge in [0.15, 0.2) is 5.84 Å². The maximum atomic E-state index is 13.0. The normalized spacial score (nSPS) is 17.9. The number of benzene rings is 2. The van der Waals surface area contributed by atoms with Gasteiger partial charge in [0.05, 0.1) is 0 Å². The number of ether oxygens (including phenoxy) is 1. The summed E-state index contributed by atoms with van der Waals surface area (Å²) < 4.78 is 6.09. The van der Waals surface area contributed by atoms with Gasteiger partial charge in [-0.2, -0.15) is 0 Å². The highest BCUT2D eigenvalue weighted by Crippen LogP contribution is 2.21. The number of carbonyl (C=O) groups is 1. The number of urea groups is 1. The summed E-state index contributed by atoms with van der Waals surface area (Å²) in [4.78, 5) is 23.6. The smallest absolute Gasteiger partial charge is 0.340 e. The molecule has 4 rings (SSSR count). The number of anilines is 1. The van der Waals surface area contributed by atoms with Crippen molar-refractivity contribution < 1.29 is 9.53 Å². The lowest BCUT2D eigenvalue weighted by atomic mass is 10.1. The molecular weight excluding hydrogens is 440 g/mol. The van der Waals surface area contributed by atoms with Gasteiger partial charge in [-0.15, -0.1) is 5.10 Å². The highest BCUT2D eigenvalue weighted by Gasteiger charge is 2.26. The molecule has 2 saturated heterocycles. The van der Waals surface area contributed by atoms with Crippen LogP contribution >= 0.6 is 0 Å². The van der Waals surface area contributed by atoms with Gasteiger partial charge in [-0.3, -0.25) is 0 Å². The monoisotopic (exact) mass is 476 g/mol. The molecule has 2 amide bonds. The van der Waals surface area contributed by atoms with Gasteiger partial charge in [-0.05, 0) is 57.1 Å². The van der Waals surface area contributed by atoms with Gasteiger partial charge in [0, 0.05) is 70.4 Å². The first-order chi connectivity index (χ1) is 16.9. The maximum absolute atomic E-state index is 13.0. The molecule has 0 atom stereocenters. The zero-order valence-corrected chi connectivity index (χ0v) is 21.1. The number of hydrogen-bond donors (Lipinski definition) is 0. The van der Waals surface area contributed by atoms with Crippen molar-refractivity contribution in [3.8, 4) is 5.75 Å². The van der Waals surface area contributed by atoms with Crippen molar-refractivity contribution in [2.45, 2.75) is 25.9 Å². The average Bonchev–Trinajstić information content (AvgIpc) is 2.89. The van der Waals surface area contributed by atoms with Gasteiger partial charge in [-0.1, -0.05) is 17.7 Å². The average molecular weight is 477 g/mol. The Bertz CT molecular complexity index is 1020. The van der Waals surface area contributed by atoms with E-state index in [9.17, 15) is 4.79 Å². The molecule has 186 valence electrons. The van der Waals surface area contributed by atoms with E-state index in [1.807, 2.05) is 41.3 Å². The van der Waals surface area contributed by atoms with Gasteiger partial charge in [-0.25, -0.2) is 14.8 Å². The summed E-state index contributed by atoms with van der Waals surface area (Å²) in [5.41, 5.74) is 3.23. The van der Waals surface area contributed by atoms with Crippen LogP contribution in [0.5, 0.6) is 5.75 Å². The summed E-state index contributed by atoms with van der Waals surface area (Å²) in [6, 6.07) is 16.1. The number of piperazine rings is 1. The molecule has 8 nitrogen and oxygen atoms in total. The highest BCUT2D eigenvalue weighted by molar-refractivity contribution is 6.02. The second kappa shape index (κ2) is 11.4. The first-order valence-corrected chi connectivity index (χ1v) is 12.3. The fourth-order valence-corrected chi connectivity index (χ4v) is 4.43. The summed E-state index contributed by atoms with van der Waals surface area (Å²) in [5.74, 6) is 1.31. The fourth-order valence-electron chi connectivity index (χ4n) is 4.43. The SMILES string of the molecule is C=NC(=NN(C)C(=O)N1CCC(Oc2ccc(C)cc2)CC1)c1ccc(N2CCN(C)CC2)cc1. The fraction of sp³-hybridized carbons (Fsp3) is 0.444. The molecule has 0 radical (unpaired) electrons. The Labute approximate surface area is 208 Å². The lowest BCUT2D eigenvalue weighted by Gasteiger charge is -2.34. The third kappa shape index (κ3) is 6.39. The maximum Gasteiger partial charge on any atom is 0.340 e. The number of hydrogen-bond acceptors (Lipinski definition) is 5. The lowest BCUT2D eigenvalue weighted by molar-refractivity contribution is 0.0988. The number of aryl methyl sites for hydroxylation is 1. The molecule has 2 heterocycles. The zero-order chi connectivity index (χ0) is 24.8. The number of aliphatic imine (C=N–C) groups is 1. The van der Waals surface area contributed by atoms with Crippen LogP contribution in [0.2, 0.25) is 0 Å². The van der Waals surface area contributed by atoms with Crippen LogP contribution in [0.25, 0.3) is 0 Å². The summed E-state index contributed by atoms with van der Waals surface area (Å²) in [6.07, 6.45) is 1.69. The van der Waals surface area contributed by atoms with E-state index < -0.39 is 0 Å². The van der Waals surface area contributed by atoms with E-state index in [4.69, 9.17) is 4.74 Å². The molecule has 0 unspecified atom stereocenters. The van der Waals surface area contributed by atoms with Gasteiger partial charge in [0.1, 0.15) is 11.9 Å². The van der Waals surface area contributed by atoms with Crippen LogP contribution in [0.3, 0.4) is 0 Å². The van der Waals surface area contributed by atoms with E-state index in [-0.39, 0.29) is 12.1 Å². The Balaban J connectivity index is 1.32. The summed E-state index contributed by atoms with van der Waals surface area (Å²) in [6.45, 7) is 11.1. The van der Waals surface area contributed by atoms with E-state index in [0.717, 1.165) is 50.3 Å². The van der Waals surface area contributed by atoms with Gasteiger partial charge in [0.2, 0.25) is 0 Å². The van der Waals surface area contributed by atoms with Crippen LogP contribution in [0.4, 0.5) is 10.5 Å². The quantitative estimate of drug-likeness (QED) is 0.375. The minimum Gasteiger partial charge on any atom is -0.490 e. The molecule has 0 spiro atoms. The van der Waals surface area contributed by atoms with Crippen molar-refractivity contribution in [1.29, 1.82) is 0 Å². The number of amidine groups is 1. The Kier molecular flexibility index (Phi) is 8.02. The summed E-state index contributed by atoms with van der Waals surface area (Å²) >= 11 is 0. The molecule has 0 N–H and O–H groups in total. The largest absolute Gasteiger partial charge is 0.490 e. The summed E-state index contributed by atoms with van der Waals surface area (Å²) in [5, 5.41) is 5.83. The number of nitrogens with zero attached hydrogens (tertiary/aromatic N) is 6. The lowest BCUT2D eigenvalue weighted by Crippen LogP contribution is -2.46. The molecule has 2 aliphatic heterocycles. The number of carbonyl (C=O) groups excluding carboxylic acids is 1. The molecular formula is C27H36N6O2.